The number of halogens is 1. The van der Waals surface area contributed by atoms with Crippen molar-refractivity contribution in [1.29, 1.82) is 0 Å². The average Bonchev–Trinajstić information content (AvgIpc) is 3.35. The van der Waals surface area contributed by atoms with Crippen LogP contribution < -0.4 is 14.8 Å². The Morgan fingerprint density at radius 2 is 1.93 bits per heavy atom. The van der Waals surface area contributed by atoms with Gasteiger partial charge in [-0.15, -0.1) is 0 Å². The summed E-state index contributed by atoms with van der Waals surface area (Å²) in [5.41, 5.74) is 2.09. The fourth-order valence-corrected chi connectivity index (χ4v) is 3.69. The number of ether oxygens (including phenoxy) is 2. The second-order valence-corrected chi connectivity index (χ2v) is 7.60. The molecule has 0 spiro atoms. The van der Waals surface area contributed by atoms with Gasteiger partial charge in [-0.05, 0) is 35.4 Å². The Morgan fingerprint density at radius 1 is 1.14 bits per heavy atom. The maximum atomic E-state index is 12.2. The number of benzene rings is 2. The van der Waals surface area contributed by atoms with Crippen molar-refractivity contribution in [2.24, 2.45) is 0 Å². The first-order chi connectivity index (χ1) is 13.7. The molecule has 0 radical (unpaired) electrons. The molecule has 0 atom stereocenters. The van der Waals surface area contributed by atoms with Crippen molar-refractivity contribution in [2.75, 3.05) is 12.5 Å². The zero-order valence-electron chi connectivity index (χ0n) is 14.9. The lowest BCUT2D eigenvalue weighted by molar-refractivity contribution is -0.118. The second-order valence-electron chi connectivity index (χ2n) is 6.22. The minimum absolute atomic E-state index is 0.0521. The molecule has 2 heterocycles. The summed E-state index contributed by atoms with van der Waals surface area (Å²) in [6, 6.07) is 13.3. The Bertz CT molecular complexity index is 975. The molecule has 0 bridgehead atoms. The van der Waals surface area contributed by atoms with Crippen molar-refractivity contribution >= 4 is 29.3 Å². The summed E-state index contributed by atoms with van der Waals surface area (Å²) < 4.78 is 12.7. The van der Waals surface area contributed by atoms with Crippen LogP contribution in [0.15, 0.2) is 60.0 Å². The van der Waals surface area contributed by atoms with Crippen molar-refractivity contribution in [3.05, 3.63) is 71.0 Å². The Labute approximate surface area is 171 Å². The highest BCUT2D eigenvalue weighted by Gasteiger charge is 2.14. The number of hydrogen-bond donors (Lipinski definition) is 1. The van der Waals surface area contributed by atoms with Crippen molar-refractivity contribution < 1.29 is 14.3 Å². The van der Waals surface area contributed by atoms with E-state index in [9.17, 15) is 4.79 Å². The van der Waals surface area contributed by atoms with Crippen LogP contribution in [-0.2, 0) is 17.9 Å². The highest BCUT2D eigenvalue weighted by Crippen LogP contribution is 2.32. The first-order valence-corrected chi connectivity index (χ1v) is 10.1. The van der Waals surface area contributed by atoms with Gasteiger partial charge in [-0.1, -0.05) is 41.6 Å². The number of fused-ring (bicyclic) bond motifs is 1. The molecule has 1 aliphatic heterocycles. The van der Waals surface area contributed by atoms with Crippen LogP contribution in [0.2, 0.25) is 5.02 Å². The number of aromatic nitrogens is 2. The molecule has 6 nitrogen and oxygen atoms in total. The molecule has 0 aliphatic carbocycles. The van der Waals surface area contributed by atoms with Crippen LogP contribution in [0.25, 0.3) is 0 Å². The van der Waals surface area contributed by atoms with E-state index in [4.69, 9.17) is 21.1 Å². The highest BCUT2D eigenvalue weighted by molar-refractivity contribution is 7.99. The minimum Gasteiger partial charge on any atom is -0.454 e. The Kier molecular flexibility index (Phi) is 5.73. The number of thioether (sulfide) groups is 1. The van der Waals surface area contributed by atoms with E-state index in [1.54, 1.807) is 6.20 Å². The number of nitrogens with zero attached hydrogens (tertiary/aromatic N) is 2. The molecule has 0 saturated carbocycles. The standard InChI is InChI=1S/C20H18ClN3O3S/c21-16-4-1-14(2-5-16)11-24-8-7-22-20(24)28-12-19(25)23-10-15-3-6-17-18(9-15)27-13-26-17/h1-9H,10-13H2,(H,23,25). The first-order valence-electron chi connectivity index (χ1n) is 8.71. The molecule has 1 aliphatic rings. The van der Waals surface area contributed by atoms with E-state index in [1.807, 2.05) is 53.2 Å². The lowest BCUT2D eigenvalue weighted by Crippen LogP contribution is -2.24. The largest absolute Gasteiger partial charge is 0.454 e. The second kappa shape index (κ2) is 8.58. The van der Waals surface area contributed by atoms with Gasteiger partial charge in [-0.3, -0.25) is 4.79 Å². The Hall–Kier alpha value is -2.64. The van der Waals surface area contributed by atoms with E-state index in [2.05, 4.69) is 10.3 Å². The van der Waals surface area contributed by atoms with Gasteiger partial charge in [-0.2, -0.15) is 0 Å². The number of amides is 1. The molecule has 8 heteroatoms. The Balaban J connectivity index is 1.28. The molecule has 1 N–H and O–H groups in total. The summed E-state index contributed by atoms with van der Waals surface area (Å²) in [5, 5.41) is 4.43. The Morgan fingerprint density at radius 3 is 2.79 bits per heavy atom. The minimum atomic E-state index is -0.0521. The normalized spacial score (nSPS) is 12.2. The predicted octanol–water partition coefficient (Wildman–Crippen LogP) is 3.72. The van der Waals surface area contributed by atoms with Gasteiger partial charge in [0.2, 0.25) is 12.7 Å². The quantitative estimate of drug-likeness (QED) is 0.596. The fourth-order valence-electron chi connectivity index (χ4n) is 2.78. The maximum absolute atomic E-state index is 12.2. The lowest BCUT2D eigenvalue weighted by atomic mass is 10.2. The SMILES string of the molecule is O=C(CSc1nccn1Cc1ccc(Cl)cc1)NCc1ccc2c(c1)OCO2. The van der Waals surface area contributed by atoms with Crippen LogP contribution in [-0.4, -0.2) is 28.0 Å². The molecular weight excluding hydrogens is 398 g/mol. The van der Waals surface area contributed by atoms with E-state index in [1.165, 1.54) is 11.8 Å². The van der Waals surface area contributed by atoms with Crippen LogP contribution in [0.5, 0.6) is 11.5 Å². The molecule has 28 heavy (non-hydrogen) atoms. The van der Waals surface area contributed by atoms with Gasteiger partial charge < -0.3 is 19.4 Å². The third kappa shape index (κ3) is 4.61. The zero-order chi connectivity index (χ0) is 19.3. The number of carbonyl (C=O) groups excluding carboxylic acids is 1. The predicted molar refractivity (Wildman–Crippen MR) is 108 cm³/mol. The summed E-state index contributed by atoms with van der Waals surface area (Å²) in [4.78, 5) is 16.6. The summed E-state index contributed by atoms with van der Waals surface area (Å²) >= 11 is 7.34. The van der Waals surface area contributed by atoms with Gasteiger partial charge in [0.05, 0.1) is 5.75 Å². The molecule has 2 aromatic carbocycles. The van der Waals surface area contributed by atoms with Crippen LogP contribution in [0.1, 0.15) is 11.1 Å². The van der Waals surface area contributed by atoms with Gasteiger partial charge in [0.1, 0.15) is 0 Å². The first kappa shape index (κ1) is 18.7. The van der Waals surface area contributed by atoms with Crippen LogP contribution in [0.3, 0.4) is 0 Å². The summed E-state index contributed by atoms with van der Waals surface area (Å²) in [6.45, 7) is 1.36. The molecule has 4 rings (SSSR count). The number of carbonyl (C=O) groups is 1. The van der Waals surface area contributed by atoms with E-state index in [0.29, 0.717) is 29.6 Å². The summed E-state index contributed by atoms with van der Waals surface area (Å²) in [6.07, 6.45) is 3.64. The number of hydrogen-bond acceptors (Lipinski definition) is 5. The number of nitrogens with one attached hydrogen (secondary N) is 1. The maximum Gasteiger partial charge on any atom is 0.231 e. The van der Waals surface area contributed by atoms with Gasteiger partial charge in [0.25, 0.3) is 0 Å². The third-order valence-electron chi connectivity index (χ3n) is 4.20. The molecular formula is C20H18ClN3O3S. The number of rotatable bonds is 7. The van der Waals surface area contributed by atoms with E-state index >= 15 is 0 Å². The van der Waals surface area contributed by atoms with Crippen molar-refractivity contribution in [1.82, 2.24) is 14.9 Å². The van der Waals surface area contributed by atoms with Gasteiger partial charge >= 0.3 is 0 Å². The molecule has 1 amide bonds. The fraction of sp³-hybridized carbons (Fsp3) is 0.200. The van der Waals surface area contributed by atoms with Crippen LogP contribution >= 0.6 is 23.4 Å². The van der Waals surface area contributed by atoms with Crippen LogP contribution in [0, 0.1) is 0 Å². The topological polar surface area (TPSA) is 65.4 Å². The summed E-state index contributed by atoms with van der Waals surface area (Å²) in [5.74, 6) is 1.69. The molecule has 144 valence electrons. The molecule has 0 fully saturated rings. The smallest absolute Gasteiger partial charge is 0.231 e. The molecule has 3 aromatic rings. The van der Waals surface area contributed by atoms with Gasteiger partial charge in [-0.25, -0.2) is 4.98 Å². The van der Waals surface area contributed by atoms with E-state index < -0.39 is 0 Å². The molecule has 0 unspecified atom stereocenters. The molecule has 1 aromatic heterocycles. The van der Waals surface area contributed by atoms with Gasteiger partial charge in [0, 0.05) is 30.5 Å². The molecule has 0 saturated heterocycles. The monoisotopic (exact) mass is 415 g/mol. The number of imidazole rings is 1. The zero-order valence-corrected chi connectivity index (χ0v) is 16.5. The van der Waals surface area contributed by atoms with E-state index in [-0.39, 0.29) is 12.7 Å². The average molecular weight is 416 g/mol. The third-order valence-corrected chi connectivity index (χ3v) is 5.46. The highest BCUT2D eigenvalue weighted by atomic mass is 35.5. The van der Waals surface area contributed by atoms with Crippen molar-refractivity contribution in [3.63, 3.8) is 0 Å². The van der Waals surface area contributed by atoms with Gasteiger partial charge in [0.15, 0.2) is 16.7 Å². The van der Waals surface area contributed by atoms with Crippen molar-refractivity contribution in [3.8, 4) is 11.5 Å². The van der Waals surface area contributed by atoms with Crippen molar-refractivity contribution in [2.45, 2.75) is 18.2 Å². The van der Waals surface area contributed by atoms with Crippen LogP contribution in [0.4, 0.5) is 0 Å². The van der Waals surface area contributed by atoms with E-state index in [0.717, 1.165) is 22.0 Å². The lowest BCUT2D eigenvalue weighted by Gasteiger charge is -2.09. The summed E-state index contributed by atoms with van der Waals surface area (Å²) in [7, 11) is 0.